The molecule has 3 aliphatic rings. The third-order valence-electron chi connectivity index (χ3n) is 5.25. The summed E-state index contributed by atoms with van der Waals surface area (Å²) in [7, 11) is 0. The van der Waals surface area contributed by atoms with E-state index in [0.717, 1.165) is 74.0 Å². The SMILES string of the molecule is C=C/C=C(\C=C\O)C1=C2CCN(C(=S)NCCCC)C2N=C(N2CCOCC2)N1. The van der Waals surface area contributed by atoms with Gasteiger partial charge in [0, 0.05) is 37.3 Å². The lowest BCUT2D eigenvalue weighted by Gasteiger charge is -2.36. The molecule has 0 aromatic carbocycles. The van der Waals surface area contributed by atoms with Crippen molar-refractivity contribution in [1.29, 1.82) is 0 Å². The van der Waals surface area contributed by atoms with Crippen molar-refractivity contribution >= 4 is 23.3 Å². The van der Waals surface area contributed by atoms with Crippen molar-refractivity contribution in [2.45, 2.75) is 32.4 Å². The van der Waals surface area contributed by atoms with Gasteiger partial charge in [0.15, 0.2) is 11.3 Å². The van der Waals surface area contributed by atoms with Crippen LogP contribution < -0.4 is 10.6 Å². The number of fused-ring (bicyclic) bond motifs is 1. The van der Waals surface area contributed by atoms with Gasteiger partial charge < -0.3 is 30.3 Å². The molecule has 29 heavy (non-hydrogen) atoms. The van der Waals surface area contributed by atoms with Crippen LogP contribution in [-0.4, -0.2) is 71.5 Å². The molecule has 0 bridgehead atoms. The summed E-state index contributed by atoms with van der Waals surface area (Å²) in [6, 6.07) is 0. The number of nitrogens with one attached hydrogen (secondary N) is 2. The Bertz CT molecular complexity index is 737. The van der Waals surface area contributed by atoms with E-state index in [-0.39, 0.29) is 6.17 Å². The highest BCUT2D eigenvalue weighted by atomic mass is 32.1. The highest BCUT2D eigenvalue weighted by Gasteiger charge is 2.37. The van der Waals surface area contributed by atoms with E-state index in [1.54, 1.807) is 12.2 Å². The predicted molar refractivity (Wildman–Crippen MR) is 121 cm³/mol. The first-order valence-electron chi connectivity index (χ1n) is 10.3. The normalized spacial score (nSPS) is 22.4. The number of allylic oxidation sites excluding steroid dienone is 3. The number of nitrogens with zero attached hydrogens (tertiary/aromatic N) is 3. The average Bonchev–Trinajstić information content (AvgIpc) is 3.18. The number of hydrogen-bond donors (Lipinski definition) is 3. The summed E-state index contributed by atoms with van der Waals surface area (Å²) in [6.07, 6.45) is 9.28. The molecule has 0 saturated carbocycles. The Kier molecular flexibility index (Phi) is 7.71. The number of guanidine groups is 1. The Morgan fingerprint density at radius 1 is 1.41 bits per heavy atom. The lowest BCUT2D eigenvalue weighted by atomic mass is 10.0. The molecule has 1 atom stereocenters. The fourth-order valence-corrected chi connectivity index (χ4v) is 4.02. The fraction of sp³-hybridized carbons (Fsp3) is 0.524. The molecule has 0 aromatic rings. The maximum atomic E-state index is 9.41. The molecule has 8 heteroatoms. The van der Waals surface area contributed by atoms with Gasteiger partial charge in [-0.25, -0.2) is 4.99 Å². The lowest BCUT2D eigenvalue weighted by Crippen LogP contribution is -2.51. The van der Waals surface area contributed by atoms with E-state index in [0.29, 0.717) is 13.2 Å². The van der Waals surface area contributed by atoms with Gasteiger partial charge in [0.1, 0.15) is 0 Å². The minimum absolute atomic E-state index is 0.147. The largest absolute Gasteiger partial charge is 0.516 e. The Morgan fingerprint density at radius 3 is 2.90 bits per heavy atom. The van der Waals surface area contributed by atoms with Crippen molar-refractivity contribution in [3.05, 3.63) is 47.9 Å². The summed E-state index contributed by atoms with van der Waals surface area (Å²) >= 11 is 5.68. The molecular formula is C21H31N5O2S. The van der Waals surface area contributed by atoms with Gasteiger partial charge >= 0.3 is 0 Å². The van der Waals surface area contributed by atoms with Crippen LogP contribution in [0.5, 0.6) is 0 Å². The molecule has 3 N–H and O–H groups in total. The minimum atomic E-state index is -0.147. The smallest absolute Gasteiger partial charge is 0.201 e. The van der Waals surface area contributed by atoms with Gasteiger partial charge in [-0.05, 0) is 31.1 Å². The van der Waals surface area contributed by atoms with Gasteiger partial charge in [-0.3, -0.25) is 0 Å². The van der Waals surface area contributed by atoms with Gasteiger partial charge in [-0.15, -0.1) is 0 Å². The molecule has 3 rings (SSSR count). The number of unbranched alkanes of at least 4 members (excludes halogenated alkanes) is 1. The van der Waals surface area contributed by atoms with Gasteiger partial charge in [-0.1, -0.05) is 32.1 Å². The van der Waals surface area contributed by atoms with E-state index in [9.17, 15) is 5.11 Å². The molecule has 158 valence electrons. The zero-order valence-corrected chi connectivity index (χ0v) is 17.9. The molecule has 2 saturated heterocycles. The van der Waals surface area contributed by atoms with E-state index in [2.05, 4.69) is 33.9 Å². The summed E-state index contributed by atoms with van der Waals surface area (Å²) in [5, 5.41) is 17.0. The van der Waals surface area contributed by atoms with E-state index < -0.39 is 0 Å². The summed E-state index contributed by atoms with van der Waals surface area (Å²) in [4.78, 5) is 9.40. The molecule has 0 spiro atoms. The van der Waals surface area contributed by atoms with Gasteiger partial charge in [-0.2, -0.15) is 0 Å². The summed E-state index contributed by atoms with van der Waals surface area (Å²) < 4.78 is 5.50. The van der Waals surface area contributed by atoms with Gasteiger partial charge in [0.25, 0.3) is 0 Å². The minimum Gasteiger partial charge on any atom is -0.516 e. The highest BCUT2D eigenvalue weighted by molar-refractivity contribution is 7.80. The van der Waals surface area contributed by atoms with Crippen molar-refractivity contribution < 1.29 is 9.84 Å². The second-order valence-corrected chi connectivity index (χ2v) is 7.54. The van der Waals surface area contributed by atoms with Gasteiger partial charge in [0.05, 0.1) is 25.2 Å². The molecule has 0 amide bonds. The van der Waals surface area contributed by atoms with Crippen LogP contribution in [-0.2, 0) is 4.74 Å². The Labute approximate surface area is 178 Å². The Hall–Kier alpha value is -2.32. The molecule has 1 unspecified atom stereocenters. The van der Waals surface area contributed by atoms with Crippen molar-refractivity contribution in [1.82, 2.24) is 20.4 Å². The van der Waals surface area contributed by atoms with Crippen LogP contribution in [0.3, 0.4) is 0 Å². The van der Waals surface area contributed by atoms with E-state index >= 15 is 0 Å². The molecule has 0 radical (unpaired) electrons. The van der Waals surface area contributed by atoms with Gasteiger partial charge in [0.2, 0.25) is 5.96 Å². The number of ether oxygens (including phenoxy) is 1. The molecular weight excluding hydrogens is 386 g/mol. The number of morpholine rings is 1. The Morgan fingerprint density at radius 2 is 2.21 bits per heavy atom. The molecule has 3 aliphatic heterocycles. The van der Waals surface area contributed by atoms with Crippen LogP contribution in [0.1, 0.15) is 26.2 Å². The number of aliphatic hydroxyl groups is 1. The number of thiocarbonyl (C=S) groups is 1. The zero-order valence-electron chi connectivity index (χ0n) is 17.1. The zero-order chi connectivity index (χ0) is 20.6. The molecule has 2 fully saturated rings. The van der Waals surface area contributed by atoms with Crippen molar-refractivity contribution in [2.75, 3.05) is 39.4 Å². The van der Waals surface area contributed by atoms with Crippen LogP contribution >= 0.6 is 12.2 Å². The lowest BCUT2D eigenvalue weighted by molar-refractivity contribution is 0.0663. The summed E-state index contributed by atoms with van der Waals surface area (Å²) in [5.41, 5.74) is 3.01. The standard InChI is InChI=1S/C21H31N5O2S/c1-3-5-9-22-21(29)26-10-7-17-18(16(6-4-2)8-13-27)23-20(24-19(17)26)25-11-14-28-15-12-25/h4,6,8,13,19,27H,2-3,5,7,9-12,14-15H2,1H3,(H,22,29)(H,23,24)/b13-8+,16-6+. The quantitative estimate of drug-likeness (QED) is 0.265. The second kappa shape index (κ2) is 10.5. The van der Waals surface area contributed by atoms with Crippen LogP contribution in [0, 0.1) is 0 Å². The van der Waals surface area contributed by atoms with E-state index in [1.165, 1.54) is 5.57 Å². The third kappa shape index (κ3) is 5.00. The molecule has 7 nitrogen and oxygen atoms in total. The summed E-state index contributed by atoms with van der Waals surface area (Å²) in [6.45, 7) is 10.6. The topological polar surface area (TPSA) is 72.4 Å². The Balaban J connectivity index is 1.92. The fourth-order valence-electron chi connectivity index (χ4n) is 3.73. The molecule has 3 heterocycles. The van der Waals surface area contributed by atoms with Crippen molar-refractivity contribution in [3.8, 4) is 0 Å². The number of likely N-dealkylation sites (tertiary alicyclic amines) is 1. The number of aliphatic hydroxyl groups excluding tert-OH is 1. The van der Waals surface area contributed by atoms with E-state index in [4.69, 9.17) is 21.9 Å². The monoisotopic (exact) mass is 417 g/mol. The molecule has 0 aromatic heterocycles. The second-order valence-electron chi connectivity index (χ2n) is 7.15. The number of rotatable bonds is 6. The third-order valence-corrected chi connectivity index (χ3v) is 5.63. The van der Waals surface area contributed by atoms with Crippen LogP contribution in [0.4, 0.5) is 0 Å². The highest BCUT2D eigenvalue weighted by Crippen LogP contribution is 2.33. The van der Waals surface area contributed by atoms with Crippen LogP contribution in [0.25, 0.3) is 0 Å². The van der Waals surface area contributed by atoms with Crippen LogP contribution in [0.2, 0.25) is 0 Å². The predicted octanol–water partition coefficient (Wildman–Crippen LogP) is 2.42. The molecule has 0 aliphatic carbocycles. The first kappa shape index (κ1) is 21.4. The van der Waals surface area contributed by atoms with Crippen molar-refractivity contribution in [2.24, 2.45) is 4.99 Å². The average molecular weight is 418 g/mol. The number of hydrogen-bond acceptors (Lipinski definition) is 6. The number of aliphatic imine (C=N–C) groups is 1. The van der Waals surface area contributed by atoms with Crippen molar-refractivity contribution in [3.63, 3.8) is 0 Å². The maximum Gasteiger partial charge on any atom is 0.201 e. The van der Waals surface area contributed by atoms with Crippen LogP contribution in [0.15, 0.2) is 52.9 Å². The van der Waals surface area contributed by atoms with E-state index in [1.807, 2.05) is 6.08 Å². The maximum absolute atomic E-state index is 9.41. The first-order chi connectivity index (χ1) is 14.2. The first-order valence-corrected chi connectivity index (χ1v) is 10.7. The summed E-state index contributed by atoms with van der Waals surface area (Å²) in [5.74, 6) is 0.821.